The standard InChI is InChI=1S/C22H24N4O3S/c1-13-7-8-17-18(9-13)30-21-19(17)22(28)26(12-23-21)14(2)20(27)25-24-11-15-5-4-6-16(10-15)29-3/h4-6,10-14H,7-9H2,1-3H3,(H,25,27)/t13-,14-/m1/s1. The molecule has 156 valence electrons. The second kappa shape index (κ2) is 8.39. The number of hydrazone groups is 1. The number of benzene rings is 1. The second-order valence-electron chi connectivity index (χ2n) is 7.68. The van der Waals surface area contributed by atoms with E-state index in [1.165, 1.54) is 22.0 Å². The molecule has 1 aliphatic carbocycles. The maximum atomic E-state index is 13.2. The third-order valence-corrected chi connectivity index (χ3v) is 6.68. The summed E-state index contributed by atoms with van der Waals surface area (Å²) >= 11 is 1.60. The molecule has 0 bridgehead atoms. The van der Waals surface area contributed by atoms with Crippen LogP contribution in [0.4, 0.5) is 0 Å². The smallest absolute Gasteiger partial charge is 0.263 e. The Bertz CT molecular complexity index is 1180. The fourth-order valence-corrected chi connectivity index (χ4v) is 5.07. The van der Waals surface area contributed by atoms with Crippen LogP contribution in [0.1, 0.15) is 42.3 Å². The number of aromatic nitrogens is 2. The molecule has 2 aromatic heterocycles. The number of aryl methyl sites for hydroxylation is 1. The molecule has 1 N–H and O–H groups in total. The van der Waals surface area contributed by atoms with Crippen LogP contribution < -0.4 is 15.7 Å². The first-order valence-corrected chi connectivity index (χ1v) is 10.8. The van der Waals surface area contributed by atoms with E-state index in [0.29, 0.717) is 17.1 Å². The summed E-state index contributed by atoms with van der Waals surface area (Å²) in [6, 6.07) is 6.60. The molecule has 4 rings (SSSR count). The fraction of sp³-hybridized carbons (Fsp3) is 0.364. The lowest BCUT2D eigenvalue weighted by Crippen LogP contribution is -2.34. The summed E-state index contributed by atoms with van der Waals surface area (Å²) in [6.07, 6.45) is 5.95. The highest BCUT2D eigenvalue weighted by Crippen LogP contribution is 2.35. The van der Waals surface area contributed by atoms with Gasteiger partial charge in [-0.15, -0.1) is 11.3 Å². The number of carbonyl (C=O) groups is 1. The lowest BCUT2D eigenvalue weighted by molar-refractivity contribution is -0.123. The van der Waals surface area contributed by atoms with Gasteiger partial charge >= 0.3 is 0 Å². The van der Waals surface area contributed by atoms with Crippen molar-refractivity contribution >= 4 is 33.7 Å². The molecule has 8 heteroatoms. The lowest BCUT2D eigenvalue weighted by atomic mass is 9.89. The van der Waals surface area contributed by atoms with Gasteiger partial charge in [0.05, 0.1) is 25.0 Å². The Morgan fingerprint density at radius 3 is 3.10 bits per heavy atom. The molecule has 0 radical (unpaired) electrons. The molecule has 3 aromatic rings. The molecule has 1 amide bonds. The topological polar surface area (TPSA) is 85.6 Å². The van der Waals surface area contributed by atoms with Crippen LogP contribution in [0, 0.1) is 5.92 Å². The number of fused-ring (bicyclic) bond motifs is 3. The lowest BCUT2D eigenvalue weighted by Gasteiger charge is -2.18. The van der Waals surface area contributed by atoms with Crippen molar-refractivity contribution in [2.45, 2.75) is 39.2 Å². The number of hydrogen-bond donors (Lipinski definition) is 1. The molecular weight excluding hydrogens is 400 g/mol. The monoisotopic (exact) mass is 424 g/mol. The molecule has 7 nitrogen and oxygen atoms in total. The highest BCUT2D eigenvalue weighted by atomic mass is 32.1. The zero-order valence-corrected chi connectivity index (χ0v) is 18.0. The van der Waals surface area contributed by atoms with E-state index < -0.39 is 6.04 Å². The van der Waals surface area contributed by atoms with Crippen LogP contribution in [0.2, 0.25) is 0 Å². The number of amides is 1. The Morgan fingerprint density at radius 1 is 1.47 bits per heavy atom. The second-order valence-corrected chi connectivity index (χ2v) is 8.76. The third-order valence-electron chi connectivity index (χ3n) is 5.52. The van der Waals surface area contributed by atoms with Crippen molar-refractivity contribution in [3.05, 3.63) is 57.0 Å². The van der Waals surface area contributed by atoms with E-state index in [-0.39, 0.29) is 11.5 Å². The summed E-state index contributed by atoms with van der Waals surface area (Å²) in [5.74, 6) is 0.952. The van der Waals surface area contributed by atoms with Gasteiger partial charge in [-0.3, -0.25) is 14.2 Å². The van der Waals surface area contributed by atoms with Crippen LogP contribution >= 0.6 is 11.3 Å². The van der Waals surface area contributed by atoms with Gasteiger partial charge in [-0.2, -0.15) is 5.10 Å². The quantitative estimate of drug-likeness (QED) is 0.503. The van der Waals surface area contributed by atoms with Gasteiger partial charge < -0.3 is 4.74 Å². The largest absolute Gasteiger partial charge is 0.497 e. The Hall–Kier alpha value is -3.00. The third kappa shape index (κ3) is 3.87. The Morgan fingerprint density at radius 2 is 2.30 bits per heavy atom. The zero-order valence-electron chi connectivity index (χ0n) is 17.2. The van der Waals surface area contributed by atoms with Gasteiger partial charge in [-0.05, 0) is 55.4 Å². The van der Waals surface area contributed by atoms with Crippen molar-refractivity contribution in [3.8, 4) is 5.75 Å². The molecule has 0 unspecified atom stereocenters. The van der Waals surface area contributed by atoms with Gasteiger partial charge in [-0.1, -0.05) is 19.1 Å². The minimum atomic E-state index is -0.727. The van der Waals surface area contributed by atoms with E-state index in [4.69, 9.17) is 4.74 Å². The summed E-state index contributed by atoms with van der Waals surface area (Å²) in [5, 5.41) is 4.68. The first-order valence-electron chi connectivity index (χ1n) is 9.96. The predicted octanol–water partition coefficient (Wildman–Crippen LogP) is 3.30. The minimum absolute atomic E-state index is 0.161. The molecule has 1 aromatic carbocycles. The summed E-state index contributed by atoms with van der Waals surface area (Å²) in [5.41, 5.74) is 4.26. The van der Waals surface area contributed by atoms with Gasteiger partial charge in [0.25, 0.3) is 11.5 Å². The van der Waals surface area contributed by atoms with Gasteiger partial charge in [0, 0.05) is 4.88 Å². The fourth-order valence-electron chi connectivity index (χ4n) is 3.73. The van der Waals surface area contributed by atoms with Crippen LogP contribution in [0.5, 0.6) is 5.75 Å². The number of ether oxygens (including phenoxy) is 1. The first kappa shape index (κ1) is 20.3. The van der Waals surface area contributed by atoms with Crippen molar-refractivity contribution in [2.75, 3.05) is 7.11 Å². The summed E-state index contributed by atoms with van der Waals surface area (Å²) in [6.45, 7) is 3.91. The van der Waals surface area contributed by atoms with Crippen molar-refractivity contribution in [2.24, 2.45) is 11.0 Å². The van der Waals surface area contributed by atoms with Crippen LogP contribution in [0.15, 0.2) is 40.5 Å². The van der Waals surface area contributed by atoms with E-state index in [1.807, 2.05) is 24.3 Å². The Labute approximate surface area is 178 Å². The summed E-state index contributed by atoms with van der Waals surface area (Å²) in [7, 11) is 1.59. The number of rotatable bonds is 5. The predicted molar refractivity (Wildman–Crippen MR) is 119 cm³/mol. The molecule has 0 fully saturated rings. The first-order chi connectivity index (χ1) is 14.5. The van der Waals surface area contributed by atoms with E-state index in [0.717, 1.165) is 35.2 Å². The Kier molecular flexibility index (Phi) is 5.67. The zero-order chi connectivity index (χ0) is 21.3. The van der Waals surface area contributed by atoms with Gasteiger partial charge in [0.2, 0.25) is 0 Å². The van der Waals surface area contributed by atoms with Crippen LogP contribution in [0.3, 0.4) is 0 Å². The molecule has 2 atom stereocenters. The normalized spacial score (nSPS) is 17.1. The maximum Gasteiger partial charge on any atom is 0.263 e. The number of hydrogen-bond acceptors (Lipinski definition) is 6. The highest BCUT2D eigenvalue weighted by molar-refractivity contribution is 7.18. The molecule has 30 heavy (non-hydrogen) atoms. The number of carbonyl (C=O) groups excluding carboxylic acids is 1. The number of methoxy groups -OCH3 is 1. The van der Waals surface area contributed by atoms with Crippen LogP contribution in [-0.4, -0.2) is 28.8 Å². The van der Waals surface area contributed by atoms with E-state index in [1.54, 1.807) is 25.4 Å². The van der Waals surface area contributed by atoms with E-state index in [2.05, 4.69) is 22.4 Å². The summed E-state index contributed by atoms with van der Waals surface area (Å²) in [4.78, 5) is 32.2. The van der Waals surface area contributed by atoms with Crippen molar-refractivity contribution in [1.82, 2.24) is 15.0 Å². The molecule has 0 spiro atoms. The van der Waals surface area contributed by atoms with Crippen molar-refractivity contribution in [3.63, 3.8) is 0 Å². The van der Waals surface area contributed by atoms with Gasteiger partial charge in [0.15, 0.2) is 0 Å². The summed E-state index contributed by atoms with van der Waals surface area (Å²) < 4.78 is 6.56. The molecule has 0 aliphatic heterocycles. The van der Waals surface area contributed by atoms with Gasteiger partial charge in [-0.25, -0.2) is 10.4 Å². The number of nitrogens with one attached hydrogen (secondary N) is 1. The van der Waals surface area contributed by atoms with Crippen LogP contribution in [-0.2, 0) is 17.6 Å². The van der Waals surface area contributed by atoms with Crippen molar-refractivity contribution < 1.29 is 9.53 Å². The average Bonchev–Trinajstić information content (AvgIpc) is 3.11. The molecule has 0 saturated carbocycles. The average molecular weight is 425 g/mol. The highest BCUT2D eigenvalue weighted by Gasteiger charge is 2.25. The van der Waals surface area contributed by atoms with Crippen molar-refractivity contribution in [1.29, 1.82) is 0 Å². The molecule has 0 saturated heterocycles. The maximum absolute atomic E-state index is 13.2. The molecule has 2 heterocycles. The van der Waals surface area contributed by atoms with Crippen LogP contribution in [0.25, 0.3) is 10.2 Å². The Balaban J connectivity index is 1.54. The SMILES string of the molecule is COc1cccc(C=NNC(=O)[C@@H](C)n2cnc3sc4c(c3c2=O)CC[C@@H](C)C4)c1. The molecule has 1 aliphatic rings. The van der Waals surface area contributed by atoms with E-state index >= 15 is 0 Å². The molecular formula is C22H24N4O3S. The number of nitrogens with zero attached hydrogens (tertiary/aromatic N) is 3. The number of thiophene rings is 1. The van der Waals surface area contributed by atoms with Gasteiger partial charge in [0.1, 0.15) is 16.6 Å². The minimum Gasteiger partial charge on any atom is -0.497 e. The van der Waals surface area contributed by atoms with E-state index in [9.17, 15) is 9.59 Å².